The summed E-state index contributed by atoms with van der Waals surface area (Å²) < 4.78 is 15.0. The van der Waals surface area contributed by atoms with Crippen LogP contribution in [0.5, 0.6) is 0 Å². The Hall–Kier alpha value is -3.85. The molecule has 2 aliphatic heterocycles. The minimum atomic E-state index is -0.398. The van der Waals surface area contributed by atoms with Gasteiger partial charge in [0.1, 0.15) is 24.1 Å². The van der Waals surface area contributed by atoms with Crippen LogP contribution in [-0.4, -0.2) is 68.6 Å². The van der Waals surface area contributed by atoms with Crippen LogP contribution in [0.25, 0.3) is 11.3 Å². The number of piperazine rings is 1. The third-order valence-electron chi connectivity index (χ3n) is 7.98. The molecule has 5 rings (SSSR count). The van der Waals surface area contributed by atoms with Crippen molar-refractivity contribution in [3.63, 3.8) is 0 Å². The third-order valence-corrected chi connectivity index (χ3v) is 8.26. The van der Waals surface area contributed by atoms with Crippen LogP contribution < -0.4 is 4.90 Å². The lowest BCUT2D eigenvalue weighted by Gasteiger charge is -2.46. The van der Waals surface area contributed by atoms with Gasteiger partial charge in [0, 0.05) is 36.3 Å². The number of fused-ring (bicyclic) bond motifs is 1. The highest BCUT2D eigenvalue weighted by atomic mass is 35.5. The summed E-state index contributed by atoms with van der Waals surface area (Å²) in [5, 5.41) is 9.18. The average Bonchev–Trinajstić information content (AvgIpc) is 2.97. The smallest absolute Gasteiger partial charge is 0.246 e. The molecular weight excluding hydrogens is 553 g/mol. The van der Waals surface area contributed by atoms with Crippen molar-refractivity contribution >= 4 is 34.8 Å². The maximum Gasteiger partial charge on any atom is 0.246 e. The molecule has 220 valence electrons. The van der Waals surface area contributed by atoms with Crippen LogP contribution in [0.15, 0.2) is 54.2 Å². The van der Waals surface area contributed by atoms with Gasteiger partial charge in [-0.3, -0.25) is 4.79 Å². The van der Waals surface area contributed by atoms with Gasteiger partial charge in [0.2, 0.25) is 5.91 Å². The lowest BCUT2D eigenvalue weighted by molar-refractivity contribution is -0.130. The van der Waals surface area contributed by atoms with Crippen LogP contribution in [0.3, 0.4) is 0 Å². The normalized spacial score (nSPS) is 18.8. The Balaban J connectivity index is 1.70. The van der Waals surface area contributed by atoms with Crippen molar-refractivity contribution in [2.24, 2.45) is 4.99 Å². The van der Waals surface area contributed by atoms with Crippen molar-refractivity contribution in [2.45, 2.75) is 65.5 Å². The molecule has 1 fully saturated rings. The SMILES string of the molecule is C=CC(=O)N1C[C@H](C)N(C2=NCN(c3c(C(C)C)cnnc3C(C)C)c3nc(-c4ccccc4F)c(Cl)cc32)C[C@H]1C. The highest BCUT2D eigenvalue weighted by Gasteiger charge is 2.37. The maximum atomic E-state index is 15.0. The predicted molar refractivity (Wildman–Crippen MR) is 166 cm³/mol. The average molecular weight is 590 g/mol. The molecule has 0 bridgehead atoms. The van der Waals surface area contributed by atoms with Gasteiger partial charge in [-0.15, -0.1) is 0 Å². The number of halogens is 2. The molecule has 0 N–H and O–H groups in total. The molecule has 2 atom stereocenters. The molecule has 1 amide bonds. The van der Waals surface area contributed by atoms with Crippen molar-refractivity contribution in [2.75, 3.05) is 24.7 Å². The first-order valence-corrected chi connectivity index (χ1v) is 14.7. The highest BCUT2D eigenvalue weighted by Crippen LogP contribution is 2.42. The van der Waals surface area contributed by atoms with Crippen LogP contribution in [-0.2, 0) is 4.79 Å². The molecule has 0 saturated carbocycles. The second kappa shape index (κ2) is 11.8. The number of amidine groups is 1. The number of carbonyl (C=O) groups excluding carboxylic acids is 1. The minimum absolute atomic E-state index is 0.0201. The Morgan fingerprint density at radius 1 is 1.10 bits per heavy atom. The number of rotatable bonds is 5. The van der Waals surface area contributed by atoms with E-state index < -0.39 is 5.82 Å². The zero-order valence-corrected chi connectivity index (χ0v) is 25.7. The summed E-state index contributed by atoms with van der Waals surface area (Å²) in [6, 6.07) is 8.28. The number of hydrogen-bond donors (Lipinski definition) is 0. The zero-order chi connectivity index (χ0) is 30.3. The molecule has 2 aromatic heterocycles. The number of nitrogens with zero attached hydrogens (tertiary/aromatic N) is 7. The molecule has 4 heterocycles. The second-order valence-corrected chi connectivity index (χ2v) is 12.0. The first-order valence-electron chi connectivity index (χ1n) is 14.4. The Bertz CT molecular complexity index is 1530. The molecule has 2 aliphatic rings. The van der Waals surface area contributed by atoms with Gasteiger partial charge in [0.25, 0.3) is 0 Å². The Kier molecular flexibility index (Phi) is 8.32. The summed E-state index contributed by atoms with van der Waals surface area (Å²) in [7, 11) is 0. The number of amides is 1. The summed E-state index contributed by atoms with van der Waals surface area (Å²) in [5.41, 5.74) is 4.22. The Morgan fingerprint density at radius 3 is 2.50 bits per heavy atom. The fourth-order valence-electron chi connectivity index (χ4n) is 5.76. The zero-order valence-electron chi connectivity index (χ0n) is 25.0. The van der Waals surface area contributed by atoms with Gasteiger partial charge in [0.05, 0.1) is 33.9 Å². The Morgan fingerprint density at radius 2 is 1.83 bits per heavy atom. The fourth-order valence-corrected chi connectivity index (χ4v) is 6.02. The largest absolute Gasteiger partial charge is 0.350 e. The maximum absolute atomic E-state index is 15.0. The second-order valence-electron chi connectivity index (χ2n) is 11.6. The van der Waals surface area contributed by atoms with E-state index in [-0.39, 0.29) is 36.5 Å². The van der Waals surface area contributed by atoms with Crippen LogP contribution in [0.2, 0.25) is 5.02 Å². The summed E-state index contributed by atoms with van der Waals surface area (Å²) in [6.45, 7) is 17.6. The number of aliphatic imine (C=N–C) groups is 1. The van der Waals surface area contributed by atoms with E-state index in [1.807, 2.05) is 17.9 Å². The summed E-state index contributed by atoms with van der Waals surface area (Å²) in [5.74, 6) is 1.15. The van der Waals surface area contributed by atoms with Crippen LogP contribution in [0.1, 0.15) is 70.2 Å². The van der Waals surface area contributed by atoms with Gasteiger partial charge >= 0.3 is 0 Å². The van der Waals surface area contributed by atoms with E-state index in [4.69, 9.17) is 21.6 Å². The van der Waals surface area contributed by atoms with E-state index in [1.165, 1.54) is 12.1 Å². The van der Waals surface area contributed by atoms with Crippen LogP contribution in [0.4, 0.5) is 15.9 Å². The molecule has 8 nitrogen and oxygen atoms in total. The van der Waals surface area contributed by atoms with Gasteiger partial charge in [-0.05, 0) is 50.0 Å². The van der Waals surface area contributed by atoms with Gasteiger partial charge < -0.3 is 14.7 Å². The molecule has 0 spiro atoms. The lowest BCUT2D eigenvalue weighted by atomic mass is 9.97. The molecule has 1 saturated heterocycles. The van der Waals surface area contributed by atoms with E-state index in [9.17, 15) is 4.79 Å². The molecular formula is C32H37ClFN7O. The molecule has 0 aliphatic carbocycles. The van der Waals surface area contributed by atoms with E-state index in [1.54, 1.807) is 24.4 Å². The summed E-state index contributed by atoms with van der Waals surface area (Å²) in [4.78, 5) is 28.8. The number of benzene rings is 1. The number of hydrogen-bond acceptors (Lipinski definition) is 7. The van der Waals surface area contributed by atoms with E-state index >= 15 is 4.39 Å². The van der Waals surface area contributed by atoms with E-state index in [0.29, 0.717) is 35.2 Å². The predicted octanol–water partition coefficient (Wildman–Crippen LogP) is 6.54. The van der Waals surface area contributed by atoms with Crippen LogP contribution >= 0.6 is 11.6 Å². The van der Waals surface area contributed by atoms with E-state index in [0.717, 1.165) is 28.3 Å². The quantitative estimate of drug-likeness (QED) is 0.314. The topological polar surface area (TPSA) is 77.8 Å². The summed E-state index contributed by atoms with van der Waals surface area (Å²) >= 11 is 6.87. The highest BCUT2D eigenvalue weighted by molar-refractivity contribution is 6.33. The first-order chi connectivity index (χ1) is 20.0. The monoisotopic (exact) mass is 589 g/mol. The van der Waals surface area contributed by atoms with Gasteiger partial charge in [-0.1, -0.05) is 58.0 Å². The molecule has 10 heteroatoms. The number of carbonyl (C=O) groups is 1. The molecule has 42 heavy (non-hydrogen) atoms. The number of pyridine rings is 1. The first kappa shape index (κ1) is 29.6. The van der Waals surface area contributed by atoms with Crippen molar-refractivity contribution < 1.29 is 9.18 Å². The van der Waals surface area contributed by atoms with Gasteiger partial charge in [-0.2, -0.15) is 10.2 Å². The lowest BCUT2D eigenvalue weighted by Crippen LogP contribution is -2.59. The fraction of sp³-hybridized carbons (Fsp3) is 0.406. The number of aromatic nitrogens is 3. The van der Waals surface area contributed by atoms with Crippen molar-refractivity contribution in [3.05, 3.63) is 76.8 Å². The van der Waals surface area contributed by atoms with Crippen molar-refractivity contribution in [1.82, 2.24) is 25.0 Å². The molecule has 1 aromatic carbocycles. The molecule has 3 aromatic rings. The molecule has 0 unspecified atom stereocenters. The van der Waals surface area contributed by atoms with Gasteiger partial charge in [0.15, 0.2) is 0 Å². The third kappa shape index (κ3) is 5.26. The standard InChI is InChI=1S/C32H37ClFN7O/c1-8-27(42)39-15-21(7)40(16-20(39)6)31-23-13-25(33)29(22-11-9-10-12-26(22)34)37-32(23)41(17-35-31)30-24(18(2)3)14-36-38-28(30)19(4)5/h8-14,18-21H,1,15-17H2,2-7H3/t20-,21+/m1/s1. The van der Waals surface area contributed by atoms with E-state index in [2.05, 4.69) is 61.2 Å². The Labute approximate surface area is 251 Å². The minimum Gasteiger partial charge on any atom is -0.350 e. The van der Waals surface area contributed by atoms with Gasteiger partial charge in [-0.25, -0.2) is 14.4 Å². The number of anilines is 2. The molecule has 0 radical (unpaired) electrons. The summed E-state index contributed by atoms with van der Waals surface area (Å²) in [6.07, 6.45) is 3.16. The van der Waals surface area contributed by atoms with Crippen molar-refractivity contribution in [3.8, 4) is 11.3 Å². The van der Waals surface area contributed by atoms with Crippen LogP contribution in [0, 0.1) is 5.82 Å². The van der Waals surface area contributed by atoms with Crippen molar-refractivity contribution in [1.29, 1.82) is 0 Å².